The zero-order valence-electron chi connectivity index (χ0n) is 7.81. The van der Waals surface area contributed by atoms with Crippen molar-refractivity contribution in [3.63, 3.8) is 0 Å². The first-order valence-corrected chi connectivity index (χ1v) is 5.52. The van der Waals surface area contributed by atoms with Crippen LogP contribution in [0.4, 0.5) is 5.69 Å². The van der Waals surface area contributed by atoms with Gasteiger partial charge in [-0.25, -0.2) is 0 Å². The van der Waals surface area contributed by atoms with Gasteiger partial charge in [-0.3, -0.25) is 0 Å². The summed E-state index contributed by atoms with van der Waals surface area (Å²) in [4.78, 5) is 0. The molecule has 0 aliphatic heterocycles. The first-order valence-electron chi connectivity index (χ1n) is 4.44. The minimum atomic E-state index is 0.746. The molecule has 1 aromatic carbocycles. The third-order valence-corrected chi connectivity index (χ3v) is 2.57. The molecule has 0 saturated heterocycles. The highest BCUT2D eigenvalue weighted by molar-refractivity contribution is 14.1. The van der Waals surface area contributed by atoms with E-state index in [2.05, 4.69) is 53.0 Å². The molecule has 0 aliphatic rings. The molecular formula is C10H15IN2. The van der Waals surface area contributed by atoms with Gasteiger partial charge in [-0.1, -0.05) is 6.07 Å². The highest BCUT2D eigenvalue weighted by Gasteiger charge is 1.97. The lowest BCUT2D eigenvalue weighted by Gasteiger charge is -2.08. The van der Waals surface area contributed by atoms with Crippen molar-refractivity contribution in [2.75, 3.05) is 18.4 Å². The fourth-order valence-corrected chi connectivity index (χ4v) is 1.60. The molecule has 0 radical (unpaired) electrons. The van der Waals surface area contributed by atoms with Gasteiger partial charge in [-0.2, -0.15) is 0 Å². The molecule has 0 bridgehead atoms. The van der Waals surface area contributed by atoms with Crippen LogP contribution in [0.15, 0.2) is 18.2 Å². The maximum Gasteiger partial charge on any atom is 0.0380 e. The molecule has 0 spiro atoms. The molecule has 3 heteroatoms. The van der Waals surface area contributed by atoms with E-state index in [0.717, 1.165) is 19.5 Å². The van der Waals surface area contributed by atoms with Crippen LogP contribution in [0.2, 0.25) is 0 Å². The second-order valence-electron chi connectivity index (χ2n) is 3.03. The summed E-state index contributed by atoms with van der Waals surface area (Å²) in [5.41, 5.74) is 7.93. The Morgan fingerprint density at radius 2 is 2.23 bits per heavy atom. The van der Waals surface area contributed by atoms with E-state index in [9.17, 15) is 0 Å². The summed E-state index contributed by atoms with van der Waals surface area (Å²) >= 11 is 2.32. The second kappa shape index (κ2) is 5.44. The Morgan fingerprint density at radius 3 is 2.92 bits per heavy atom. The molecule has 2 nitrogen and oxygen atoms in total. The third-order valence-electron chi connectivity index (χ3n) is 1.90. The lowest BCUT2D eigenvalue weighted by molar-refractivity contribution is 0.873. The molecule has 13 heavy (non-hydrogen) atoms. The second-order valence-corrected chi connectivity index (χ2v) is 4.27. The highest BCUT2D eigenvalue weighted by Crippen LogP contribution is 2.17. The van der Waals surface area contributed by atoms with Crippen molar-refractivity contribution in [3.05, 3.63) is 27.3 Å². The van der Waals surface area contributed by atoms with E-state index in [-0.39, 0.29) is 0 Å². The molecule has 1 aromatic rings. The predicted molar refractivity (Wildman–Crippen MR) is 66.1 cm³/mol. The Hall–Kier alpha value is -0.290. The van der Waals surface area contributed by atoms with Crippen LogP contribution in [0.5, 0.6) is 0 Å². The summed E-state index contributed by atoms with van der Waals surface area (Å²) in [6.45, 7) is 3.81. The van der Waals surface area contributed by atoms with Gasteiger partial charge in [0.05, 0.1) is 0 Å². The Labute approximate surface area is 93.0 Å². The highest BCUT2D eigenvalue weighted by atomic mass is 127. The maximum absolute atomic E-state index is 5.42. The van der Waals surface area contributed by atoms with Gasteiger partial charge in [-0.05, 0) is 60.2 Å². The van der Waals surface area contributed by atoms with Gasteiger partial charge in [0.2, 0.25) is 0 Å². The molecular weight excluding hydrogens is 275 g/mol. The number of hydrogen-bond donors (Lipinski definition) is 2. The SMILES string of the molecule is Cc1ccc(I)cc1NCCCN. The number of nitrogens with two attached hydrogens (primary N) is 1. The molecule has 0 unspecified atom stereocenters. The first-order chi connectivity index (χ1) is 6.24. The van der Waals surface area contributed by atoms with Crippen LogP contribution in [-0.2, 0) is 0 Å². The van der Waals surface area contributed by atoms with Gasteiger partial charge < -0.3 is 11.1 Å². The zero-order chi connectivity index (χ0) is 9.68. The van der Waals surface area contributed by atoms with Gasteiger partial charge in [0, 0.05) is 15.8 Å². The molecule has 72 valence electrons. The average molecular weight is 290 g/mol. The van der Waals surface area contributed by atoms with Gasteiger partial charge in [0.15, 0.2) is 0 Å². The molecule has 0 atom stereocenters. The predicted octanol–water partition coefficient (Wildman–Crippen LogP) is 2.36. The normalized spacial score (nSPS) is 10.1. The monoisotopic (exact) mass is 290 g/mol. The summed E-state index contributed by atoms with van der Waals surface area (Å²) in [5.74, 6) is 0. The van der Waals surface area contributed by atoms with Crippen LogP contribution in [0, 0.1) is 10.5 Å². The Morgan fingerprint density at radius 1 is 1.46 bits per heavy atom. The number of halogens is 1. The average Bonchev–Trinajstić information content (AvgIpc) is 2.11. The molecule has 0 amide bonds. The van der Waals surface area contributed by atoms with Crippen molar-refractivity contribution in [2.45, 2.75) is 13.3 Å². The van der Waals surface area contributed by atoms with Crippen molar-refractivity contribution in [2.24, 2.45) is 5.73 Å². The van der Waals surface area contributed by atoms with E-state index < -0.39 is 0 Å². The van der Waals surface area contributed by atoms with Gasteiger partial charge in [-0.15, -0.1) is 0 Å². The minimum Gasteiger partial charge on any atom is -0.385 e. The molecule has 1 rings (SSSR count). The van der Waals surface area contributed by atoms with Crippen LogP contribution in [0.25, 0.3) is 0 Å². The van der Waals surface area contributed by atoms with E-state index in [1.807, 2.05) is 0 Å². The largest absolute Gasteiger partial charge is 0.385 e. The number of hydrogen-bond acceptors (Lipinski definition) is 2. The van der Waals surface area contributed by atoms with Gasteiger partial charge >= 0.3 is 0 Å². The van der Waals surface area contributed by atoms with Crippen molar-refractivity contribution < 1.29 is 0 Å². The van der Waals surface area contributed by atoms with Crippen molar-refractivity contribution >= 4 is 28.3 Å². The summed E-state index contributed by atoms with van der Waals surface area (Å²) in [6, 6.07) is 6.41. The molecule has 0 saturated carbocycles. The summed E-state index contributed by atoms with van der Waals surface area (Å²) < 4.78 is 1.26. The molecule has 0 aromatic heterocycles. The van der Waals surface area contributed by atoms with E-state index in [1.165, 1.54) is 14.8 Å². The van der Waals surface area contributed by atoms with E-state index in [0.29, 0.717) is 0 Å². The number of benzene rings is 1. The minimum absolute atomic E-state index is 0.746. The van der Waals surface area contributed by atoms with Gasteiger partial charge in [0.25, 0.3) is 0 Å². The molecule has 3 N–H and O–H groups in total. The Balaban J connectivity index is 2.59. The molecule has 0 aliphatic carbocycles. The summed E-state index contributed by atoms with van der Waals surface area (Å²) in [7, 11) is 0. The lowest BCUT2D eigenvalue weighted by Crippen LogP contribution is -2.09. The van der Waals surface area contributed by atoms with Crippen LogP contribution >= 0.6 is 22.6 Å². The topological polar surface area (TPSA) is 38.0 Å². The lowest BCUT2D eigenvalue weighted by atomic mass is 10.2. The maximum atomic E-state index is 5.42. The number of anilines is 1. The number of rotatable bonds is 4. The van der Waals surface area contributed by atoms with Gasteiger partial charge in [0.1, 0.15) is 0 Å². The smallest absolute Gasteiger partial charge is 0.0380 e. The third kappa shape index (κ3) is 3.52. The number of nitrogens with one attached hydrogen (secondary N) is 1. The summed E-state index contributed by atoms with van der Waals surface area (Å²) in [5, 5.41) is 3.37. The van der Waals surface area contributed by atoms with Crippen molar-refractivity contribution in [1.82, 2.24) is 0 Å². The fraction of sp³-hybridized carbons (Fsp3) is 0.400. The quantitative estimate of drug-likeness (QED) is 0.660. The van der Waals surface area contributed by atoms with E-state index in [4.69, 9.17) is 5.73 Å². The van der Waals surface area contributed by atoms with E-state index >= 15 is 0 Å². The van der Waals surface area contributed by atoms with E-state index in [1.54, 1.807) is 0 Å². The first kappa shape index (κ1) is 10.8. The standard InChI is InChI=1S/C10H15IN2/c1-8-3-4-9(11)7-10(8)13-6-2-5-12/h3-4,7,13H,2,5-6,12H2,1H3. The van der Waals surface area contributed by atoms with Crippen LogP contribution < -0.4 is 11.1 Å². The molecule has 0 fully saturated rings. The Kier molecular flexibility index (Phi) is 4.52. The van der Waals surface area contributed by atoms with Crippen LogP contribution in [0.3, 0.4) is 0 Å². The van der Waals surface area contributed by atoms with Crippen LogP contribution in [0.1, 0.15) is 12.0 Å². The van der Waals surface area contributed by atoms with Crippen LogP contribution in [-0.4, -0.2) is 13.1 Å². The zero-order valence-corrected chi connectivity index (χ0v) is 9.97. The Bertz CT molecular complexity index is 274. The molecule has 0 heterocycles. The van der Waals surface area contributed by atoms with Crippen molar-refractivity contribution in [3.8, 4) is 0 Å². The van der Waals surface area contributed by atoms with Crippen molar-refractivity contribution in [1.29, 1.82) is 0 Å². The fourth-order valence-electron chi connectivity index (χ4n) is 1.11. The number of aryl methyl sites for hydroxylation is 1. The summed E-state index contributed by atoms with van der Waals surface area (Å²) in [6.07, 6.45) is 1.02.